The third kappa shape index (κ3) is 2.62. The first-order chi connectivity index (χ1) is 8.98. The van der Waals surface area contributed by atoms with Crippen molar-refractivity contribution in [3.05, 3.63) is 29.8 Å². The van der Waals surface area contributed by atoms with Gasteiger partial charge in [-0.2, -0.15) is 0 Å². The van der Waals surface area contributed by atoms with Crippen LogP contribution in [0.2, 0.25) is 0 Å². The van der Waals surface area contributed by atoms with E-state index in [1.54, 1.807) is 18.2 Å². The molecule has 1 unspecified atom stereocenters. The van der Waals surface area contributed by atoms with E-state index in [0.717, 1.165) is 24.2 Å². The lowest BCUT2D eigenvalue weighted by molar-refractivity contribution is 0.500. The Hall–Kier alpha value is -1.07. The quantitative estimate of drug-likeness (QED) is 0.921. The minimum atomic E-state index is -3.25. The molecular formula is C14H22N2O2S. The standard InChI is InChI=1S/C14H22N2O2S/c1-4-15-13-9-10-16(19(17,18)11(2)3)14-8-6-5-7-12(13)14/h5-8,11,13,15H,4,9-10H2,1-3H3. The highest BCUT2D eigenvalue weighted by molar-refractivity contribution is 7.93. The summed E-state index contributed by atoms with van der Waals surface area (Å²) in [6.07, 6.45) is 0.816. The van der Waals surface area contributed by atoms with Crippen LogP contribution in [0, 0.1) is 0 Å². The molecule has 1 aromatic carbocycles. The van der Waals surface area contributed by atoms with Crippen molar-refractivity contribution < 1.29 is 8.42 Å². The van der Waals surface area contributed by atoms with Crippen molar-refractivity contribution >= 4 is 15.7 Å². The van der Waals surface area contributed by atoms with Gasteiger partial charge in [0.25, 0.3) is 0 Å². The summed E-state index contributed by atoms with van der Waals surface area (Å²) in [6.45, 7) is 6.97. The molecular weight excluding hydrogens is 260 g/mol. The lowest BCUT2D eigenvalue weighted by Gasteiger charge is -2.36. The lowest BCUT2D eigenvalue weighted by atomic mass is 9.98. The number of anilines is 1. The molecule has 1 aliphatic heterocycles. The van der Waals surface area contributed by atoms with Gasteiger partial charge < -0.3 is 5.32 Å². The first kappa shape index (κ1) is 14.3. The molecule has 1 heterocycles. The van der Waals surface area contributed by atoms with Crippen LogP contribution in [0.5, 0.6) is 0 Å². The molecule has 2 rings (SSSR count). The second kappa shape index (κ2) is 5.51. The van der Waals surface area contributed by atoms with E-state index in [0.29, 0.717) is 6.54 Å². The first-order valence-corrected chi connectivity index (χ1v) is 8.32. The fraction of sp³-hybridized carbons (Fsp3) is 0.571. The van der Waals surface area contributed by atoms with E-state index in [2.05, 4.69) is 12.2 Å². The summed E-state index contributed by atoms with van der Waals surface area (Å²) >= 11 is 0. The van der Waals surface area contributed by atoms with Crippen LogP contribution in [0.4, 0.5) is 5.69 Å². The fourth-order valence-electron chi connectivity index (χ4n) is 2.51. The van der Waals surface area contributed by atoms with E-state index in [9.17, 15) is 8.42 Å². The zero-order valence-corrected chi connectivity index (χ0v) is 12.6. The highest BCUT2D eigenvalue weighted by atomic mass is 32.2. The van der Waals surface area contributed by atoms with Crippen molar-refractivity contribution in [1.82, 2.24) is 5.32 Å². The highest BCUT2D eigenvalue weighted by Crippen LogP contribution is 2.35. The maximum Gasteiger partial charge on any atom is 0.237 e. The molecule has 0 aromatic heterocycles. The number of benzene rings is 1. The summed E-state index contributed by atoms with van der Waals surface area (Å²) in [6, 6.07) is 8.04. The van der Waals surface area contributed by atoms with Gasteiger partial charge in [-0.1, -0.05) is 25.1 Å². The maximum atomic E-state index is 12.4. The topological polar surface area (TPSA) is 49.4 Å². The van der Waals surface area contributed by atoms with Gasteiger partial charge in [0.2, 0.25) is 10.0 Å². The smallest absolute Gasteiger partial charge is 0.237 e. The predicted molar refractivity (Wildman–Crippen MR) is 78.9 cm³/mol. The van der Waals surface area contributed by atoms with E-state index in [4.69, 9.17) is 0 Å². The van der Waals surface area contributed by atoms with Gasteiger partial charge in [0.1, 0.15) is 0 Å². The third-order valence-electron chi connectivity index (χ3n) is 3.56. The number of para-hydroxylation sites is 1. The summed E-state index contributed by atoms with van der Waals surface area (Å²) in [5.41, 5.74) is 1.91. The normalized spacial score (nSPS) is 19.6. The number of hydrogen-bond acceptors (Lipinski definition) is 3. The van der Waals surface area contributed by atoms with Crippen molar-refractivity contribution in [2.24, 2.45) is 0 Å². The monoisotopic (exact) mass is 282 g/mol. The van der Waals surface area contributed by atoms with E-state index in [-0.39, 0.29) is 6.04 Å². The van der Waals surface area contributed by atoms with Crippen molar-refractivity contribution in [3.63, 3.8) is 0 Å². The molecule has 1 N–H and O–H groups in total. The molecule has 0 aliphatic carbocycles. The molecule has 19 heavy (non-hydrogen) atoms. The zero-order chi connectivity index (χ0) is 14.0. The Morgan fingerprint density at radius 2 is 2.05 bits per heavy atom. The summed E-state index contributed by atoms with van der Waals surface area (Å²) in [5.74, 6) is 0. The number of fused-ring (bicyclic) bond motifs is 1. The van der Waals surface area contributed by atoms with Gasteiger partial charge in [-0.15, -0.1) is 0 Å². The van der Waals surface area contributed by atoms with Crippen molar-refractivity contribution in [2.75, 3.05) is 17.4 Å². The summed E-state index contributed by atoms with van der Waals surface area (Å²) in [7, 11) is -3.25. The average Bonchev–Trinajstić information content (AvgIpc) is 2.39. The number of hydrogen-bond donors (Lipinski definition) is 1. The zero-order valence-electron chi connectivity index (χ0n) is 11.8. The van der Waals surface area contributed by atoms with E-state index < -0.39 is 15.3 Å². The largest absolute Gasteiger partial charge is 0.310 e. The van der Waals surface area contributed by atoms with Crippen LogP contribution >= 0.6 is 0 Å². The average molecular weight is 282 g/mol. The Balaban J connectivity index is 2.44. The van der Waals surface area contributed by atoms with Crippen LogP contribution in [0.1, 0.15) is 38.8 Å². The van der Waals surface area contributed by atoms with Crippen LogP contribution < -0.4 is 9.62 Å². The first-order valence-electron chi connectivity index (χ1n) is 6.82. The summed E-state index contributed by atoms with van der Waals surface area (Å²) in [4.78, 5) is 0. The number of rotatable bonds is 4. The molecule has 0 saturated carbocycles. The molecule has 0 bridgehead atoms. The molecule has 0 saturated heterocycles. The second-order valence-electron chi connectivity index (χ2n) is 5.12. The second-order valence-corrected chi connectivity index (χ2v) is 7.54. The SMILES string of the molecule is CCNC1CCN(S(=O)(=O)C(C)C)c2ccccc21. The van der Waals surface area contributed by atoms with Crippen molar-refractivity contribution in [3.8, 4) is 0 Å². The number of nitrogens with zero attached hydrogens (tertiary/aromatic N) is 1. The molecule has 1 aromatic rings. The molecule has 5 heteroatoms. The highest BCUT2D eigenvalue weighted by Gasteiger charge is 2.33. The van der Waals surface area contributed by atoms with Gasteiger partial charge in [-0.25, -0.2) is 8.42 Å². The van der Waals surface area contributed by atoms with Crippen molar-refractivity contribution in [1.29, 1.82) is 0 Å². The Kier molecular flexibility index (Phi) is 4.16. The minimum Gasteiger partial charge on any atom is -0.310 e. The molecule has 0 radical (unpaired) electrons. The Morgan fingerprint density at radius 1 is 1.37 bits per heavy atom. The predicted octanol–water partition coefficient (Wildman–Crippen LogP) is 2.29. The van der Waals surface area contributed by atoms with Crippen LogP contribution in [0.25, 0.3) is 0 Å². The third-order valence-corrected chi connectivity index (χ3v) is 5.74. The molecule has 1 aliphatic rings. The minimum absolute atomic E-state index is 0.250. The van der Waals surface area contributed by atoms with Gasteiger partial charge in [0, 0.05) is 12.6 Å². The molecule has 1 atom stereocenters. The van der Waals surface area contributed by atoms with Gasteiger partial charge in [-0.05, 0) is 38.4 Å². The maximum absolute atomic E-state index is 12.4. The Bertz CT molecular complexity index is 540. The van der Waals surface area contributed by atoms with Crippen molar-refractivity contribution in [2.45, 2.75) is 38.5 Å². The van der Waals surface area contributed by atoms with Crippen LogP contribution in [-0.4, -0.2) is 26.8 Å². The Morgan fingerprint density at radius 3 is 2.68 bits per heavy atom. The van der Waals surface area contributed by atoms with Crippen LogP contribution in [0.3, 0.4) is 0 Å². The van der Waals surface area contributed by atoms with Gasteiger partial charge in [0.05, 0.1) is 10.9 Å². The van der Waals surface area contributed by atoms with Crippen LogP contribution in [0.15, 0.2) is 24.3 Å². The summed E-state index contributed by atoms with van der Waals surface area (Å²) in [5, 5.41) is 3.03. The molecule has 106 valence electrons. The van der Waals surface area contributed by atoms with E-state index in [1.165, 1.54) is 0 Å². The number of nitrogens with one attached hydrogen (secondary N) is 1. The fourth-order valence-corrected chi connectivity index (χ4v) is 3.82. The number of sulfonamides is 1. The van der Waals surface area contributed by atoms with Gasteiger partial charge in [-0.3, -0.25) is 4.31 Å². The molecule has 0 fully saturated rings. The summed E-state index contributed by atoms with van der Waals surface area (Å²) < 4.78 is 26.4. The van der Waals surface area contributed by atoms with Crippen LogP contribution in [-0.2, 0) is 10.0 Å². The molecule has 0 amide bonds. The van der Waals surface area contributed by atoms with E-state index >= 15 is 0 Å². The molecule has 0 spiro atoms. The lowest BCUT2D eigenvalue weighted by Crippen LogP contribution is -2.42. The van der Waals surface area contributed by atoms with Gasteiger partial charge >= 0.3 is 0 Å². The Labute approximate surface area is 115 Å². The van der Waals surface area contributed by atoms with E-state index in [1.807, 2.05) is 24.3 Å². The van der Waals surface area contributed by atoms with Gasteiger partial charge in [0.15, 0.2) is 0 Å². The molecule has 4 nitrogen and oxygen atoms in total.